The molecule has 1 fully saturated rings. The number of furan rings is 1. The number of amides is 1. The number of piperidine rings is 1. The second kappa shape index (κ2) is 8.32. The number of aliphatic imine (C=N–C) groups is 1. The molecule has 3 aliphatic rings. The van der Waals surface area contributed by atoms with Crippen molar-refractivity contribution in [2.75, 3.05) is 13.1 Å². The zero-order valence-electron chi connectivity index (χ0n) is 17.7. The van der Waals surface area contributed by atoms with Crippen molar-refractivity contribution in [3.05, 3.63) is 57.8 Å². The van der Waals surface area contributed by atoms with E-state index in [9.17, 15) is 14.9 Å². The molecule has 0 saturated carbocycles. The lowest BCUT2D eigenvalue weighted by molar-refractivity contribution is -0.384. The van der Waals surface area contributed by atoms with E-state index in [1.165, 1.54) is 35.0 Å². The highest BCUT2D eigenvalue weighted by Gasteiger charge is 2.38. The van der Waals surface area contributed by atoms with E-state index in [-0.39, 0.29) is 17.1 Å². The molecule has 0 spiro atoms. The Morgan fingerprint density at radius 2 is 2.03 bits per heavy atom. The molecule has 4 heterocycles. The molecule has 0 aliphatic carbocycles. The van der Waals surface area contributed by atoms with Crippen molar-refractivity contribution < 1.29 is 14.1 Å². The molecule has 5 rings (SSSR count). The topological polar surface area (TPSA) is 128 Å². The van der Waals surface area contributed by atoms with E-state index < -0.39 is 10.8 Å². The fourth-order valence-electron chi connectivity index (χ4n) is 3.81. The molecule has 1 N–H and O–H groups in total. The van der Waals surface area contributed by atoms with Gasteiger partial charge in [-0.25, -0.2) is 0 Å². The standard InChI is InChI=1S/C22H20N6O4S/c1-13-7-9-26(10-8-13)22-25-27-19(23)17(20(29)24-21(27)33-22)12-16-5-6-18(32-16)14-3-2-4-15(11-14)28(30)31/h2-6,11-13,23H,7-10H2,1H3/b17-12+,23-19?. The molecule has 0 bridgehead atoms. The summed E-state index contributed by atoms with van der Waals surface area (Å²) in [6, 6.07) is 9.40. The third-order valence-corrected chi connectivity index (χ3v) is 6.72. The molecular weight excluding hydrogens is 444 g/mol. The maximum atomic E-state index is 12.7. The van der Waals surface area contributed by atoms with Gasteiger partial charge in [-0.2, -0.15) is 10.0 Å². The minimum Gasteiger partial charge on any atom is -0.457 e. The highest BCUT2D eigenvalue weighted by Crippen LogP contribution is 2.32. The number of thioether (sulfide) groups is 1. The van der Waals surface area contributed by atoms with E-state index in [0.717, 1.165) is 31.1 Å². The maximum Gasteiger partial charge on any atom is 0.283 e. The van der Waals surface area contributed by atoms with Crippen molar-refractivity contribution in [2.45, 2.75) is 19.8 Å². The van der Waals surface area contributed by atoms with E-state index in [1.807, 2.05) is 0 Å². The normalized spacial score (nSPS) is 20.2. The largest absolute Gasteiger partial charge is 0.457 e. The van der Waals surface area contributed by atoms with Crippen LogP contribution in [0.4, 0.5) is 5.69 Å². The lowest BCUT2D eigenvalue weighted by Gasteiger charge is -2.30. The molecule has 1 amide bonds. The molecule has 0 radical (unpaired) electrons. The zero-order valence-corrected chi connectivity index (χ0v) is 18.5. The third kappa shape index (κ3) is 4.07. The van der Waals surface area contributed by atoms with Crippen molar-refractivity contribution in [1.82, 2.24) is 9.91 Å². The minimum atomic E-state index is -0.532. The zero-order chi connectivity index (χ0) is 23.1. The number of hydrogen-bond acceptors (Lipinski definition) is 8. The predicted molar refractivity (Wildman–Crippen MR) is 126 cm³/mol. The molecule has 168 valence electrons. The fourth-order valence-corrected chi connectivity index (χ4v) is 4.75. The van der Waals surface area contributed by atoms with Crippen LogP contribution in [0.1, 0.15) is 25.5 Å². The summed E-state index contributed by atoms with van der Waals surface area (Å²) in [5.74, 6) is 0.843. The van der Waals surface area contributed by atoms with Gasteiger partial charge in [-0.3, -0.25) is 20.3 Å². The van der Waals surface area contributed by atoms with Crippen LogP contribution in [-0.4, -0.2) is 50.0 Å². The summed E-state index contributed by atoms with van der Waals surface area (Å²) < 4.78 is 5.78. The Labute approximate surface area is 193 Å². The number of nitrogens with one attached hydrogen (secondary N) is 1. The van der Waals surface area contributed by atoms with E-state index in [2.05, 4.69) is 21.9 Å². The van der Waals surface area contributed by atoms with E-state index >= 15 is 0 Å². The van der Waals surface area contributed by atoms with Crippen molar-refractivity contribution in [2.24, 2.45) is 16.0 Å². The van der Waals surface area contributed by atoms with Crippen LogP contribution in [0.15, 0.2) is 56.5 Å². The van der Waals surface area contributed by atoms with E-state index in [0.29, 0.717) is 28.2 Å². The summed E-state index contributed by atoms with van der Waals surface area (Å²) in [4.78, 5) is 29.5. The average molecular weight is 465 g/mol. The number of non-ortho nitro benzene ring substituents is 1. The molecule has 2 aromatic rings. The van der Waals surface area contributed by atoms with Gasteiger partial charge < -0.3 is 9.32 Å². The van der Waals surface area contributed by atoms with Gasteiger partial charge in [0.25, 0.3) is 11.6 Å². The highest BCUT2D eigenvalue weighted by atomic mass is 32.2. The van der Waals surface area contributed by atoms with Crippen molar-refractivity contribution >= 4 is 45.6 Å². The van der Waals surface area contributed by atoms with Gasteiger partial charge in [0.15, 0.2) is 11.0 Å². The molecule has 33 heavy (non-hydrogen) atoms. The number of fused-ring (bicyclic) bond motifs is 1. The van der Waals surface area contributed by atoms with Crippen LogP contribution in [0.3, 0.4) is 0 Å². The third-order valence-electron chi connectivity index (χ3n) is 5.75. The van der Waals surface area contributed by atoms with Crippen LogP contribution in [0.25, 0.3) is 17.4 Å². The number of nitro groups is 1. The number of carbonyl (C=O) groups excluding carboxylic acids is 1. The molecular formula is C22H20N6O4S. The summed E-state index contributed by atoms with van der Waals surface area (Å²) >= 11 is 1.31. The van der Waals surface area contributed by atoms with Gasteiger partial charge in [0.05, 0.1) is 10.5 Å². The van der Waals surface area contributed by atoms with Gasteiger partial charge in [-0.15, -0.1) is 5.10 Å². The Morgan fingerprint density at radius 1 is 1.24 bits per heavy atom. The molecule has 0 atom stereocenters. The minimum absolute atomic E-state index is 0.0433. The number of carbonyl (C=O) groups is 1. The second-order valence-corrected chi connectivity index (χ2v) is 9.02. The molecule has 3 aliphatic heterocycles. The number of amidine groups is 3. The number of benzene rings is 1. The first-order valence-corrected chi connectivity index (χ1v) is 11.3. The summed E-state index contributed by atoms with van der Waals surface area (Å²) in [6.07, 6.45) is 3.62. The smallest absolute Gasteiger partial charge is 0.283 e. The Kier molecular flexibility index (Phi) is 5.33. The van der Waals surface area contributed by atoms with Crippen LogP contribution in [0.5, 0.6) is 0 Å². The average Bonchev–Trinajstić information content (AvgIpc) is 3.45. The fraction of sp³-hybridized carbons (Fsp3) is 0.273. The molecule has 1 aromatic heterocycles. The van der Waals surface area contributed by atoms with E-state index in [4.69, 9.17) is 9.83 Å². The number of rotatable bonds is 3. The van der Waals surface area contributed by atoms with Gasteiger partial charge >= 0.3 is 0 Å². The van der Waals surface area contributed by atoms with Crippen molar-refractivity contribution in [3.63, 3.8) is 0 Å². The lowest BCUT2D eigenvalue weighted by Crippen LogP contribution is -2.36. The van der Waals surface area contributed by atoms with Gasteiger partial charge in [0.1, 0.15) is 11.5 Å². The van der Waals surface area contributed by atoms with Gasteiger partial charge in [-0.05, 0) is 48.7 Å². The number of hydrazone groups is 1. The summed E-state index contributed by atoms with van der Waals surface area (Å²) in [5, 5.41) is 26.6. The van der Waals surface area contributed by atoms with Crippen LogP contribution in [0, 0.1) is 21.4 Å². The monoisotopic (exact) mass is 464 g/mol. The first-order chi connectivity index (χ1) is 15.9. The first-order valence-electron chi connectivity index (χ1n) is 10.5. The summed E-state index contributed by atoms with van der Waals surface area (Å²) in [7, 11) is 0. The molecule has 10 nitrogen and oxygen atoms in total. The number of nitro benzene ring substituents is 1. The Morgan fingerprint density at radius 3 is 2.79 bits per heavy atom. The molecule has 11 heteroatoms. The van der Waals surface area contributed by atoms with Crippen molar-refractivity contribution in [1.29, 1.82) is 5.41 Å². The van der Waals surface area contributed by atoms with Crippen LogP contribution in [0.2, 0.25) is 0 Å². The maximum absolute atomic E-state index is 12.7. The highest BCUT2D eigenvalue weighted by molar-refractivity contribution is 8.26. The van der Waals surface area contributed by atoms with Gasteiger partial charge in [0.2, 0.25) is 5.17 Å². The molecule has 0 unspecified atom stereocenters. The molecule has 1 aromatic carbocycles. The Balaban J connectivity index is 1.38. The first kappa shape index (κ1) is 21.1. The van der Waals surface area contributed by atoms with Crippen LogP contribution < -0.4 is 0 Å². The van der Waals surface area contributed by atoms with Crippen LogP contribution >= 0.6 is 11.8 Å². The second-order valence-electron chi connectivity index (χ2n) is 8.08. The quantitative estimate of drug-likeness (QED) is 0.410. The van der Waals surface area contributed by atoms with E-state index in [1.54, 1.807) is 24.3 Å². The number of nitrogens with zero attached hydrogens (tertiary/aromatic N) is 5. The van der Waals surface area contributed by atoms with Gasteiger partial charge in [0, 0.05) is 30.8 Å². The summed E-state index contributed by atoms with van der Waals surface area (Å²) in [5.41, 5.74) is 0.565. The Hall–Kier alpha value is -3.73. The Bertz CT molecular complexity index is 1260. The van der Waals surface area contributed by atoms with Crippen LogP contribution in [-0.2, 0) is 4.79 Å². The number of likely N-dealkylation sites (tertiary alicyclic amines) is 1. The summed E-state index contributed by atoms with van der Waals surface area (Å²) in [6.45, 7) is 4.02. The van der Waals surface area contributed by atoms with Gasteiger partial charge in [-0.1, -0.05) is 19.1 Å². The molecule has 1 saturated heterocycles. The number of hydrogen-bond donors (Lipinski definition) is 1. The lowest BCUT2D eigenvalue weighted by atomic mass is 10.00. The SMILES string of the molecule is CC1CCN(C2=NN3C(=N)/C(=C\c4ccc(-c5cccc([N+](=O)[O-])c5)o4)C(=O)N=C3S2)CC1. The predicted octanol–water partition coefficient (Wildman–Crippen LogP) is 4.16. The van der Waals surface area contributed by atoms with Crippen molar-refractivity contribution in [3.8, 4) is 11.3 Å².